The normalized spacial score (nSPS) is 9.81. The molecule has 0 atom stereocenters. The fourth-order valence-electron chi connectivity index (χ4n) is 1.30. The first-order valence-electron chi connectivity index (χ1n) is 4.82. The van der Waals surface area contributed by atoms with Gasteiger partial charge in [0.1, 0.15) is 5.75 Å². The number of hydrogen-bond acceptors (Lipinski definition) is 3. The Kier molecular flexibility index (Phi) is 3.27. The fraction of sp³-hybridized carbons (Fsp3) is 0. The molecule has 0 N–H and O–H groups in total. The first-order chi connectivity index (χ1) is 7.77. The lowest BCUT2D eigenvalue weighted by atomic mass is 10.2. The van der Waals surface area contributed by atoms with E-state index in [1.54, 1.807) is 30.3 Å². The number of para-hydroxylation sites is 1. The van der Waals surface area contributed by atoms with E-state index in [1.807, 2.05) is 24.3 Å². The van der Waals surface area contributed by atoms with Crippen LogP contribution in [0.25, 0.3) is 0 Å². The SMILES string of the molecule is O=C(Oc1ccccc1)c1ccccc1S. The van der Waals surface area contributed by atoms with Crippen molar-refractivity contribution in [1.29, 1.82) is 0 Å². The van der Waals surface area contributed by atoms with Crippen LogP contribution in [-0.4, -0.2) is 5.97 Å². The molecular weight excluding hydrogens is 220 g/mol. The maximum absolute atomic E-state index is 11.8. The molecule has 2 rings (SSSR count). The monoisotopic (exact) mass is 230 g/mol. The lowest BCUT2D eigenvalue weighted by Crippen LogP contribution is -2.09. The molecule has 0 bridgehead atoms. The van der Waals surface area contributed by atoms with Crippen LogP contribution in [0.5, 0.6) is 5.75 Å². The summed E-state index contributed by atoms with van der Waals surface area (Å²) in [7, 11) is 0. The summed E-state index contributed by atoms with van der Waals surface area (Å²) in [4.78, 5) is 12.4. The Hall–Kier alpha value is -1.74. The number of esters is 1. The van der Waals surface area contributed by atoms with Crippen LogP contribution in [-0.2, 0) is 0 Å². The highest BCUT2D eigenvalue weighted by atomic mass is 32.1. The van der Waals surface area contributed by atoms with Crippen LogP contribution in [0.1, 0.15) is 10.4 Å². The second-order valence-electron chi connectivity index (χ2n) is 3.22. The molecule has 0 aliphatic heterocycles. The standard InChI is InChI=1S/C13H10O2S/c14-13(11-8-4-5-9-12(11)16)15-10-6-2-1-3-7-10/h1-9,16H. The minimum absolute atomic E-state index is 0.392. The van der Waals surface area contributed by atoms with Gasteiger partial charge in [-0.2, -0.15) is 0 Å². The van der Waals surface area contributed by atoms with Gasteiger partial charge in [-0.1, -0.05) is 30.3 Å². The smallest absolute Gasteiger partial charge is 0.344 e. The summed E-state index contributed by atoms with van der Waals surface area (Å²) >= 11 is 4.20. The van der Waals surface area contributed by atoms with Gasteiger partial charge in [0.15, 0.2) is 0 Å². The zero-order valence-electron chi connectivity index (χ0n) is 8.46. The van der Waals surface area contributed by atoms with Crippen molar-refractivity contribution in [3.63, 3.8) is 0 Å². The number of thiol groups is 1. The molecule has 3 heteroatoms. The molecule has 0 fully saturated rings. The number of ether oxygens (including phenoxy) is 1. The third-order valence-corrected chi connectivity index (χ3v) is 2.47. The molecule has 0 amide bonds. The molecule has 0 saturated heterocycles. The Bertz CT molecular complexity index is 494. The maximum atomic E-state index is 11.8. The minimum atomic E-state index is -0.392. The molecule has 0 spiro atoms. The number of hydrogen-bond donors (Lipinski definition) is 1. The van der Waals surface area contributed by atoms with Crippen LogP contribution in [0.4, 0.5) is 0 Å². The number of rotatable bonds is 2. The Morgan fingerprint density at radius 3 is 2.25 bits per heavy atom. The largest absolute Gasteiger partial charge is 0.423 e. The lowest BCUT2D eigenvalue weighted by molar-refractivity contribution is 0.0731. The summed E-state index contributed by atoms with van der Waals surface area (Å²) in [5.74, 6) is 0.140. The Morgan fingerprint density at radius 2 is 1.56 bits per heavy atom. The van der Waals surface area contributed by atoms with Crippen molar-refractivity contribution < 1.29 is 9.53 Å². The number of carbonyl (C=O) groups excluding carboxylic acids is 1. The summed E-state index contributed by atoms with van der Waals surface area (Å²) in [5, 5.41) is 0. The third kappa shape index (κ3) is 2.44. The van der Waals surface area contributed by atoms with E-state index in [-0.39, 0.29) is 0 Å². The molecule has 16 heavy (non-hydrogen) atoms. The van der Waals surface area contributed by atoms with Crippen molar-refractivity contribution in [1.82, 2.24) is 0 Å². The molecule has 0 heterocycles. The quantitative estimate of drug-likeness (QED) is 0.487. The van der Waals surface area contributed by atoms with Crippen molar-refractivity contribution in [2.75, 3.05) is 0 Å². The lowest BCUT2D eigenvalue weighted by Gasteiger charge is -2.05. The van der Waals surface area contributed by atoms with Crippen LogP contribution in [0.3, 0.4) is 0 Å². The summed E-state index contributed by atoms with van der Waals surface area (Å²) in [6.45, 7) is 0. The molecule has 2 nitrogen and oxygen atoms in total. The van der Waals surface area contributed by atoms with Gasteiger partial charge in [0, 0.05) is 4.90 Å². The van der Waals surface area contributed by atoms with E-state index in [0.717, 1.165) is 0 Å². The second kappa shape index (κ2) is 4.86. The van der Waals surface area contributed by atoms with Gasteiger partial charge in [-0.05, 0) is 24.3 Å². The Morgan fingerprint density at radius 1 is 0.938 bits per heavy atom. The van der Waals surface area contributed by atoms with Gasteiger partial charge in [0.05, 0.1) is 5.56 Å². The zero-order valence-corrected chi connectivity index (χ0v) is 9.35. The van der Waals surface area contributed by atoms with Gasteiger partial charge in [-0.15, -0.1) is 12.6 Å². The van der Waals surface area contributed by atoms with Crippen LogP contribution in [0, 0.1) is 0 Å². The number of carbonyl (C=O) groups is 1. The molecular formula is C13H10O2S. The second-order valence-corrected chi connectivity index (χ2v) is 3.70. The summed E-state index contributed by atoms with van der Waals surface area (Å²) in [6.07, 6.45) is 0. The van der Waals surface area contributed by atoms with Gasteiger partial charge < -0.3 is 4.74 Å². The first kappa shape index (κ1) is 10.8. The molecule has 0 unspecified atom stereocenters. The van der Waals surface area contributed by atoms with Crippen molar-refractivity contribution in [3.05, 3.63) is 60.2 Å². The Balaban J connectivity index is 2.19. The van der Waals surface area contributed by atoms with Crippen LogP contribution >= 0.6 is 12.6 Å². The van der Waals surface area contributed by atoms with Crippen molar-refractivity contribution in [2.45, 2.75) is 4.90 Å². The molecule has 0 saturated carbocycles. The molecule has 0 aliphatic rings. The predicted molar refractivity (Wildman–Crippen MR) is 65.1 cm³/mol. The minimum Gasteiger partial charge on any atom is -0.423 e. The summed E-state index contributed by atoms with van der Waals surface area (Å²) < 4.78 is 5.19. The van der Waals surface area contributed by atoms with E-state index in [1.165, 1.54) is 0 Å². The van der Waals surface area contributed by atoms with Gasteiger partial charge >= 0.3 is 5.97 Å². The van der Waals surface area contributed by atoms with Gasteiger partial charge in [0.25, 0.3) is 0 Å². The van der Waals surface area contributed by atoms with Gasteiger partial charge in [0.2, 0.25) is 0 Å². The van der Waals surface area contributed by atoms with Crippen molar-refractivity contribution in [3.8, 4) is 5.75 Å². The van der Waals surface area contributed by atoms with Crippen molar-refractivity contribution >= 4 is 18.6 Å². The van der Waals surface area contributed by atoms with Crippen LogP contribution in [0.2, 0.25) is 0 Å². The highest BCUT2D eigenvalue weighted by Crippen LogP contribution is 2.16. The molecule has 0 radical (unpaired) electrons. The van der Waals surface area contributed by atoms with E-state index in [4.69, 9.17) is 4.74 Å². The van der Waals surface area contributed by atoms with E-state index >= 15 is 0 Å². The highest BCUT2D eigenvalue weighted by molar-refractivity contribution is 7.80. The maximum Gasteiger partial charge on any atom is 0.344 e. The molecule has 2 aromatic rings. The first-order valence-corrected chi connectivity index (χ1v) is 5.27. The molecule has 80 valence electrons. The van der Waals surface area contributed by atoms with Gasteiger partial charge in [-0.3, -0.25) is 0 Å². The third-order valence-electron chi connectivity index (χ3n) is 2.08. The predicted octanol–water partition coefficient (Wildman–Crippen LogP) is 3.19. The molecule has 2 aromatic carbocycles. The summed E-state index contributed by atoms with van der Waals surface area (Å²) in [5.41, 5.74) is 0.467. The molecule has 0 aromatic heterocycles. The highest BCUT2D eigenvalue weighted by Gasteiger charge is 2.10. The topological polar surface area (TPSA) is 26.3 Å². The molecule has 0 aliphatic carbocycles. The fourth-order valence-corrected chi connectivity index (χ4v) is 1.55. The van der Waals surface area contributed by atoms with Crippen LogP contribution in [0.15, 0.2) is 59.5 Å². The van der Waals surface area contributed by atoms with Crippen LogP contribution < -0.4 is 4.74 Å². The van der Waals surface area contributed by atoms with E-state index < -0.39 is 5.97 Å². The average molecular weight is 230 g/mol. The number of benzene rings is 2. The average Bonchev–Trinajstić information content (AvgIpc) is 2.31. The summed E-state index contributed by atoms with van der Waals surface area (Å²) in [6, 6.07) is 16.0. The van der Waals surface area contributed by atoms with E-state index in [0.29, 0.717) is 16.2 Å². The van der Waals surface area contributed by atoms with Crippen molar-refractivity contribution in [2.24, 2.45) is 0 Å². The van der Waals surface area contributed by atoms with Gasteiger partial charge in [-0.25, -0.2) is 4.79 Å². The Labute approximate surface area is 99.3 Å². The van der Waals surface area contributed by atoms with E-state index in [9.17, 15) is 4.79 Å². The van der Waals surface area contributed by atoms with E-state index in [2.05, 4.69) is 12.6 Å². The zero-order chi connectivity index (χ0) is 11.4.